The van der Waals surface area contributed by atoms with E-state index in [9.17, 15) is 13.2 Å². The molecule has 0 fully saturated rings. The van der Waals surface area contributed by atoms with Gasteiger partial charge in [-0.25, -0.2) is 8.42 Å². The molecule has 134 valence electrons. The number of nitrogens with zero attached hydrogens (tertiary/aromatic N) is 1. The van der Waals surface area contributed by atoms with E-state index in [0.717, 1.165) is 9.87 Å². The van der Waals surface area contributed by atoms with Crippen molar-refractivity contribution in [3.8, 4) is 0 Å². The van der Waals surface area contributed by atoms with Crippen LogP contribution in [0, 0.1) is 6.92 Å². The van der Waals surface area contributed by atoms with Crippen LogP contribution in [-0.4, -0.2) is 26.9 Å². The van der Waals surface area contributed by atoms with Gasteiger partial charge in [0.1, 0.15) is 6.54 Å². The zero-order chi connectivity index (χ0) is 18.6. The van der Waals surface area contributed by atoms with Crippen molar-refractivity contribution in [3.05, 3.63) is 59.1 Å². The summed E-state index contributed by atoms with van der Waals surface area (Å²) in [6.07, 6.45) is 0. The van der Waals surface area contributed by atoms with Crippen molar-refractivity contribution in [1.29, 1.82) is 0 Å². The van der Waals surface area contributed by atoms with Gasteiger partial charge in [0.05, 0.1) is 10.6 Å². The molecule has 0 atom stereocenters. The van der Waals surface area contributed by atoms with E-state index in [4.69, 9.17) is 11.6 Å². The number of anilines is 1. The number of nitrogens with one attached hydrogen (secondary N) is 1. The number of rotatable bonds is 6. The van der Waals surface area contributed by atoms with E-state index in [0.29, 0.717) is 10.7 Å². The Balaban J connectivity index is 2.48. The summed E-state index contributed by atoms with van der Waals surface area (Å²) in [6, 6.07) is 12.9. The third-order valence-electron chi connectivity index (χ3n) is 3.51. The summed E-state index contributed by atoms with van der Waals surface area (Å²) in [5.41, 5.74) is 1.17. The van der Waals surface area contributed by atoms with E-state index in [1.54, 1.807) is 36.4 Å². The molecule has 0 heterocycles. The van der Waals surface area contributed by atoms with E-state index in [1.165, 1.54) is 12.1 Å². The van der Waals surface area contributed by atoms with Crippen molar-refractivity contribution in [2.45, 2.75) is 31.7 Å². The van der Waals surface area contributed by atoms with Crippen LogP contribution >= 0.6 is 11.6 Å². The molecular formula is C18H21ClN2O3S. The number of aryl methyl sites for hydroxylation is 1. The van der Waals surface area contributed by atoms with Crippen LogP contribution in [0.25, 0.3) is 0 Å². The molecule has 5 nitrogen and oxygen atoms in total. The van der Waals surface area contributed by atoms with E-state index in [1.807, 2.05) is 20.8 Å². The largest absolute Gasteiger partial charge is 0.352 e. The lowest BCUT2D eigenvalue weighted by atomic mass is 10.2. The lowest BCUT2D eigenvalue weighted by Gasteiger charge is -2.25. The molecule has 1 amide bonds. The molecule has 2 aromatic rings. The van der Waals surface area contributed by atoms with Crippen LogP contribution < -0.4 is 9.62 Å². The molecular weight excluding hydrogens is 360 g/mol. The molecule has 0 aliphatic rings. The van der Waals surface area contributed by atoms with Crippen molar-refractivity contribution in [1.82, 2.24) is 5.32 Å². The SMILES string of the molecule is Cc1ccc(N(CC(=O)NC(C)C)S(=O)(=O)c2ccccc2)cc1Cl. The van der Waals surface area contributed by atoms with Gasteiger partial charge >= 0.3 is 0 Å². The van der Waals surface area contributed by atoms with Gasteiger partial charge in [0, 0.05) is 11.1 Å². The Bertz CT molecular complexity index is 852. The predicted molar refractivity (Wildman–Crippen MR) is 100 cm³/mol. The Labute approximate surface area is 153 Å². The van der Waals surface area contributed by atoms with Crippen LogP contribution in [0.2, 0.25) is 5.02 Å². The van der Waals surface area contributed by atoms with Gasteiger partial charge < -0.3 is 5.32 Å². The maximum atomic E-state index is 13.1. The molecule has 0 radical (unpaired) electrons. The lowest BCUT2D eigenvalue weighted by Crippen LogP contribution is -2.42. The summed E-state index contributed by atoms with van der Waals surface area (Å²) < 4.78 is 27.2. The molecule has 0 bridgehead atoms. The Morgan fingerprint density at radius 3 is 2.36 bits per heavy atom. The molecule has 0 aromatic heterocycles. The monoisotopic (exact) mass is 380 g/mol. The normalized spacial score (nSPS) is 11.4. The van der Waals surface area contributed by atoms with Crippen LogP contribution in [0.15, 0.2) is 53.4 Å². The summed E-state index contributed by atoms with van der Waals surface area (Å²) in [7, 11) is -3.90. The second kappa shape index (κ2) is 7.89. The number of carbonyl (C=O) groups is 1. The number of amides is 1. The van der Waals surface area contributed by atoms with E-state index >= 15 is 0 Å². The zero-order valence-corrected chi connectivity index (χ0v) is 15.9. The predicted octanol–water partition coefficient (Wildman–Crippen LogP) is 3.37. The second-order valence-electron chi connectivity index (χ2n) is 5.98. The zero-order valence-electron chi connectivity index (χ0n) is 14.4. The summed E-state index contributed by atoms with van der Waals surface area (Å²) >= 11 is 6.15. The molecule has 0 saturated carbocycles. The maximum Gasteiger partial charge on any atom is 0.264 e. The molecule has 0 saturated heterocycles. The van der Waals surface area contributed by atoms with Crippen molar-refractivity contribution >= 4 is 33.2 Å². The number of hydrogen-bond acceptors (Lipinski definition) is 3. The lowest BCUT2D eigenvalue weighted by molar-refractivity contribution is -0.120. The van der Waals surface area contributed by atoms with E-state index < -0.39 is 10.0 Å². The van der Waals surface area contributed by atoms with Gasteiger partial charge in [0.2, 0.25) is 5.91 Å². The van der Waals surface area contributed by atoms with Crippen LogP contribution in [0.1, 0.15) is 19.4 Å². The Morgan fingerprint density at radius 2 is 1.80 bits per heavy atom. The van der Waals surface area contributed by atoms with Gasteiger partial charge in [0.25, 0.3) is 10.0 Å². The van der Waals surface area contributed by atoms with Crippen molar-refractivity contribution in [2.75, 3.05) is 10.8 Å². The van der Waals surface area contributed by atoms with Gasteiger partial charge in [-0.1, -0.05) is 35.9 Å². The number of benzene rings is 2. The quantitative estimate of drug-likeness (QED) is 0.835. The molecule has 7 heteroatoms. The molecule has 0 aliphatic heterocycles. The highest BCUT2D eigenvalue weighted by Gasteiger charge is 2.27. The number of hydrogen-bond donors (Lipinski definition) is 1. The highest BCUT2D eigenvalue weighted by molar-refractivity contribution is 7.92. The highest BCUT2D eigenvalue weighted by atomic mass is 35.5. The molecule has 1 N–H and O–H groups in total. The molecule has 2 rings (SSSR count). The first-order valence-corrected chi connectivity index (χ1v) is 9.67. The average molecular weight is 381 g/mol. The standard InChI is InChI=1S/C18H21ClN2O3S/c1-13(2)20-18(22)12-21(15-10-9-14(3)17(19)11-15)25(23,24)16-7-5-4-6-8-16/h4-11,13H,12H2,1-3H3,(H,20,22). The first-order chi connectivity index (χ1) is 11.7. The Morgan fingerprint density at radius 1 is 1.16 bits per heavy atom. The smallest absolute Gasteiger partial charge is 0.264 e. The first kappa shape index (κ1) is 19.3. The Kier molecular flexibility index (Phi) is 6.08. The second-order valence-corrected chi connectivity index (χ2v) is 8.25. The van der Waals surface area contributed by atoms with Crippen LogP contribution in [0.4, 0.5) is 5.69 Å². The van der Waals surface area contributed by atoms with Crippen LogP contribution in [0.3, 0.4) is 0 Å². The van der Waals surface area contributed by atoms with Crippen molar-refractivity contribution in [3.63, 3.8) is 0 Å². The van der Waals surface area contributed by atoms with E-state index in [-0.39, 0.29) is 23.4 Å². The van der Waals surface area contributed by atoms with Crippen LogP contribution in [0.5, 0.6) is 0 Å². The highest BCUT2D eigenvalue weighted by Crippen LogP contribution is 2.27. The topological polar surface area (TPSA) is 66.5 Å². The van der Waals surface area contributed by atoms with Crippen molar-refractivity contribution in [2.24, 2.45) is 0 Å². The molecule has 0 unspecified atom stereocenters. The Hall–Kier alpha value is -2.05. The summed E-state index contributed by atoms with van der Waals surface area (Å²) in [5, 5.41) is 3.15. The van der Waals surface area contributed by atoms with Gasteiger partial charge in [0.15, 0.2) is 0 Å². The summed E-state index contributed by atoms with van der Waals surface area (Å²) in [6.45, 7) is 5.13. The molecule has 0 aliphatic carbocycles. The third kappa shape index (κ3) is 4.74. The minimum atomic E-state index is -3.90. The summed E-state index contributed by atoms with van der Waals surface area (Å²) in [5.74, 6) is -0.383. The number of halogens is 1. The number of carbonyl (C=O) groups excluding carboxylic acids is 1. The average Bonchev–Trinajstić information content (AvgIpc) is 2.55. The fourth-order valence-corrected chi connectivity index (χ4v) is 3.88. The van der Waals surface area contributed by atoms with Gasteiger partial charge in [-0.15, -0.1) is 0 Å². The first-order valence-electron chi connectivity index (χ1n) is 7.85. The molecule has 25 heavy (non-hydrogen) atoms. The van der Waals surface area contributed by atoms with Crippen LogP contribution in [-0.2, 0) is 14.8 Å². The van der Waals surface area contributed by atoms with Crippen molar-refractivity contribution < 1.29 is 13.2 Å². The van der Waals surface area contributed by atoms with Gasteiger partial charge in [-0.2, -0.15) is 0 Å². The fourth-order valence-electron chi connectivity index (χ4n) is 2.27. The maximum absolute atomic E-state index is 13.1. The summed E-state index contributed by atoms with van der Waals surface area (Å²) in [4.78, 5) is 12.3. The third-order valence-corrected chi connectivity index (χ3v) is 5.71. The minimum Gasteiger partial charge on any atom is -0.352 e. The molecule has 0 spiro atoms. The number of sulfonamides is 1. The van der Waals surface area contributed by atoms with Gasteiger partial charge in [-0.3, -0.25) is 9.10 Å². The molecule has 2 aromatic carbocycles. The fraction of sp³-hybridized carbons (Fsp3) is 0.278. The van der Waals surface area contributed by atoms with Gasteiger partial charge in [-0.05, 0) is 50.6 Å². The van der Waals surface area contributed by atoms with E-state index in [2.05, 4.69) is 5.32 Å². The minimum absolute atomic E-state index is 0.0876.